The van der Waals surface area contributed by atoms with Gasteiger partial charge in [-0.3, -0.25) is 4.79 Å². The summed E-state index contributed by atoms with van der Waals surface area (Å²) in [5, 5.41) is 3.33. The molecule has 1 aliphatic rings. The molecule has 2 rings (SSSR count). The Morgan fingerprint density at radius 3 is 3.12 bits per heavy atom. The smallest absolute Gasteiger partial charge is 0.252 e. The first kappa shape index (κ1) is 11.1. The van der Waals surface area contributed by atoms with Crippen molar-refractivity contribution in [3.8, 4) is 0 Å². The molecular formula is C11H18N4O. The van der Waals surface area contributed by atoms with E-state index in [9.17, 15) is 4.79 Å². The largest absolute Gasteiger partial charge is 0.355 e. The number of rotatable bonds is 2. The van der Waals surface area contributed by atoms with Crippen molar-refractivity contribution < 1.29 is 0 Å². The number of nitrogens with zero attached hydrogens (tertiary/aromatic N) is 2. The van der Waals surface area contributed by atoms with E-state index in [2.05, 4.69) is 20.2 Å². The first-order valence-electron chi connectivity index (χ1n) is 5.85. The number of aryl methyl sites for hydroxylation is 1. The van der Waals surface area contributed by atoms with E-state index in [-0.39, 0.29) is 5.56 Å². The molecule has 1 saturated heterocycles. The number of anilines is 1. The normalized spacial score (nSPS) is 17.2. The fourth-order valence-corrected chi connectivity index (χ4v) is 1.90. The Morgan fingerprint density at radius 1 is 1.44 bits per heavy atom. The molecule has 2 N–H and O–H groups in total. The van der Waals surface area contributed by atoms with Gasteiger partial charge in [0.25, 0.3) is 5.56 Å². The van der Waals surface area contributed by atoms with Crippen LogP contribution in [0.25, 0.3) is 0 Å². The van der Waals surface area contributed by atoms with Gasteiger partial charge in [0, 0.05) is 32.1 Å². The summed E-state index contributed by atoms with van der Waals surface area (Å²) < 4.78 is 0. The molecule has 1 aromatic rings. The Hall–Kier alpha value is -1.36. The molecular weight excluding hydrogens is 204 g/mol. The maximum Gasteiger partial charge on any atom is 0.252 e. The molecule has 0 atom stereocenters. The minimum Gasteiger partial charge on any atom is -0.355 e. The maximum absolute atomic E-state index is 11.5. The summed E-state index contributed by atoms with van der Waals surface area (Å²) in [5.41, 5.74) is -0.0564. The van der Waals surface area contributed by atoms with Crippen molar-refractivity contribution in [2.24, 2.45) is 0 Å². The highest BCUT2D eigenvalue weighted by Gasteiger charge is 2.11. The number of hydrogen-bond donors (Lipinski definition) is 2. The van der Waals surface area contributed by atoms with Crippen molar-refractivity contribution in [2.75, 3.05) is 31.1 Å². The predicted octanol–water partition coefficient (Wildman–Crippen LogP) is 0.132. The van der Waals surface area contributed by atoms with Crippen LogP contribution in [0.2, 0.25) is 0 Å². The van der Waals surface area contributed by atoms with E-state index in [0.29, 0.717) is 0 Å². The Morgan fingerprint density at radius 2 is 2.31 bits per heavy atom. The highest BCUT2D eigenvalue weighted by molar-refractivity contribution is 5.37. The van der Waals surface area contributed by atoms with E-state index in [1.165, 1.54) is 0 Å². The summed E-state index contributed by atoms with van der Waals surface area (Å²) >= 11 is 0. The molecule has 16 heavy (non-hydrogen) atoms. The van der Waals surface area contributed by atoms with Gasteiger partial charge in [0.05, 0.1) is 0 Å². The Labute approximate surface area is 94.9 Å². The first-order valence-corrected chi connectivity index (χ1v) is 5.85. The lowest BCUT2D eigenvalue weighted by atomic mass is 10.3. The van der Waals surface area contributed by atoms with Crippen molar-refractivity contribution >= 4 is 5.82 Å². The van der Waals surface area contributed by atoms with Crippen molar-refractivity contribution in [1.82, 2.24) is 15.3 Å². The topological polar surface area (TPSA) is 61.0 Å². The molecule has 1 aliphatic heterocycles. The average molecular weight is 222 g/mol. The molecule has 5 heteroatoms. The van der Waals surface area contributed by atoms with Crippen LogP contribution in [-0.2, 0) is 6.42 Å². The number of nitrogens with one attached hydrogen (secondary N) is 2. The number of H-pyrrole nitrogens is 1. The van der Waals surface area contributed by atoms with Crippen LogP contribution in [0.5, 0.6) is 0 Å². The van der Waals surface area contributed by atoms with E-state index in [1.807, 2.05) is 6.92 Å². The van der Waals surface area contributed by atoms with Gasteiger partial charge in [0.2, 0.25) is 0 Å². The molecule has 88 valence electrons. The zero-order valence-corrected chi connectivity index (χ0v) is 9.62. The van der Waals surface area contributed by atoms with Gasteiger partial charge >= 0.3 is 0 Å². The molecule has 0 aliphatic carbocycles. The summed E-state index contributed by atoms with van der Waals surface area (Å²) in [6.07, 6.45) is 1.85. The quantitative estimate of drug-likeness (QED) is 0.747. The average Bonchev–Trinajstić information content (AvgIpc) is 2.56. The highest BCUT2D eigenvalue weighted by Crippen LogP contribution is 2.09. The van der Waals surface area contributed by atoms with Crippen LogP contribution in [0.1, 0.15) is 19.2 Å². The van der Waals surface area contributed by atoms with E-state index in [1.54, 1.807) is 6.07 Å². The van der Waals surface area contributed by atoms with Crippen LogP contribution in [0.15, 0.2) is 10.9 Å². The first-order chi connectivity index (χ1) is 7.79. The summed E-state index contributed by atoms with van der Waals surface area (Å²) in [5.74, 6) is 1.57. The van der Waals surface area contributed by atoms with Crippen molar-refractivity contribution in [3.63, 3.8) is 0 Å². The van der Waals surface area contributed by atoms with Crippen molar-refractivity contribution in [1.29, 1.82) is 0 Å². The molecule has 5 nitrogen and oxygen atoms in total. The third kappa shape index (κ3) is 2.61. The molecule has 2 heterocycles. The lowest BCUT2D eigenvalue weighted by Gasteiger charge is -2.20. The second-order valence-electron chi connectivity index (χ2n) is 3.99. The molecule has 0 saturated carbocycles. The lowest BCUT2D eigenvalue weighted by Crippen LogP contribution is -2.30. The van der Waals surface area contributed by atoms with Crippen LogP contribution in [-0.4, -0.2) is 36.1 Å². The van der Waals surface area contributed by atoms with Gasteiger partial charge in [-0.05, 0) is 13.0 Å². The SMILES string of the molecule is CCc1nc(N2CCCNCC2)cc(=O)[nH]1. The molecule has 0 spiro atoms. The fraction of sp³-hybridized carbons (Fsp3) is 0.636. The lowest BCUT2D eigenvalue weighted by molar-refractivity contribution is 0.724. The highest BCUT2D eigenvalue weighted by atomic mass is 16.1. The van der Waals surface area contributed by atoms with Crippen LogP contribution >= 0.6 is 0 Å². The Balaban J connectivity index is 2.23. The summed E-state index contributed by atoms with van der Waals surface area (Å²) in [6.45, 7) is 5.87. The van der Waals surface area contributed by atoms with Gasteiger partial charge in [-0.15, -0.1) is 0 Å². The summed E-state index contributed by atoms with van der Waals surface area (Å²) in [6, 6.07) is 1.59. The molecule has 1 fully saturated rings. The fourth-order valence-electron chi connectivity index (χ4n) is 1.90. The van der Waals surface area contributed by atoms with Crippen LogP contribution in [0.4, 0.5) is 5.82 Å². The minimum atomic E-state index is -0.0564. The van der Waals surface area contributed by atoms with E-state index < -0.39 is 0 Å². The second-order valence-corrected chi connectivity index (χ2v) is 3.99. The second kappa shape index (κ2) is 5.12. The van der Waals surface area contributed by atoms with E-state index in [4.69, 9.17) is 0 Å². The van der Waals surface area contributed by atoms with Crippen LogP contribution in [0.3, 0.4) is 0 Å². The molecule has 1 aromatic heterocycles. The van der Waals surface area contributed by atoms with Gasteiger partial charge in [-0.25, -0.2) is 4.98 Å². The molecule has 0 aromatic carbocycles. The standard InChI is InChI=1S/C11H18N4O/c1-2-9-13-10(8-11(16)14-9)15-6-3-4-12-5-7-15/h8,12H,2-7H2,1H3,(H,13,14,16). The third-order valence-electron chi connectivity index (χ3n) is 2.78. The molecule has 0 amide bonds. The summed E-state index contributed by atoms with van der Waals surface area (Å²) in [4.78, 5) is 20.8. The number of aromatic nitrogens is 2. The van der Waals surface area contributed by atoms with Crippen molar-refractivity contribution in [3.05, 3.63) is 22.2 Å². The van der Waals surface area contributed by atoms with Gasteiger partial charge in [0.1, 0.15) is 11.6 Å². The summed E-state index contributed by atoms with van der Waals surface area (Å²) in [7, 11) is 0. The van der Waals surface area contributed by atoms with Crippen LogP contribution < -0.4 is 15.8 Å². The van der Waals surface area contributed by atoms with E-state index >= 15 is 0 Å². The zero-order valence-electron chi connectivity index (χ0n) is 9.62. The predicted molar refractivity (Wildman–Crippen MR) is 63.9 cm³/mol. The Kier molecular flexibility index (Phi) is 3.56. The monoisotopic (exact) mass is 222 g/mol. The molecule has 0 bridgehead atoms. The molecule has 0 unspecified atom stereocenters. The number of aromatic amines is 1. The zero-order chi connectivity index (χ0) is 11.4. The minimum absolute atomic E-state index is 0.0564. The van der Waals surface area contributed by atoms with Gasteiger partial charge in [0.15, 0.2) is 0 Å². The van der Waals surface area contributed by atoms with E-state index in [0.717, 1.165) is 50.7 Å². The van der Waals surface area contributed by atoms with Crippen LogP contribution in [0, 0.1) is 0 Å². The van der Waals surface area contributed by atoms with Crippen molar-refractivity contribution in [2.45, 2.75) is 19.8 Å². The number of hydrogen-bond acceptors (Lipinski definition) is 4. The van der Waals surface area contributed by atoms with Gasteiger partial charge < -0.3 is 15.2 Å². The maximum atomic E-state index is 11.5. The molecule has 0 radical (unpaired) electrons. The van der Waals surface area contributed by atoms with Gasteiger partial charge in [-0.1, -0.05) is 6.92 Å². The third-order valence-corrected chi connectivity index (χ3v) is 2.78. The Bertz CT molecular complexity index is 393. The van der Waals surface area contributed by atoms with Gasteiger partial charge in [-0.2, -0.15) is 0 Å².